The van der Waals surface area contributed by atoms with Crippen molar-refractivity contribution in [2.24, 2.45) is 0 Å². The Hall–Kier alpha value is -1.69. The van der Waals surface area contributed by atoms with Gasteiger partial charge in [0.1, 0.15) is 6.29 Å². The summed E-state index contributed by atoms with van der Waals surface area (Å²) in [5.74, 6) is -0.163. The quantitative estimate of drug-likeness (QED) is 0.679. The molecule has 18 heavy (non-hydrogen) atoms. The van der Waals surface area contributed by atoms with Gasteiger partial charge >= 0.3 is 0 Å². The Bertz CT molecular complexity index is 523. The molecule has 0 aromatic heterocycles. The zero-order valence-corrected chi connectivity index (χ0v) is 11.8. The molecule has 0 heterocycles. The highest BCUT2D eigenvalue weighted by Gasteiger charge is 2.04. The topological polar surface area (TPSA) is 46.2 Å². The SMILES string of the molecule is I.O=Cc1ccc(NC(=O)c2ccccc2)cc1. The van der Waals surface area contributed by atoms with Crippen LogP contribution in [0.2, 0.25) is 0 Å². The molecule has 1 N–H and O–H groups in total. The van der Waals surface area contributed by atoms with Gasteiger partial charge < -0.3 is 5.32 Å². The van der Waals surface area contributed by atoms with E-state index < -0.39 is 0 Å². The molecule has 0 saturated heterocycles. The smallest absolute Gasteiger partial charge is 0.255 e. The highest BCUT2D eigenvalue weighted by atomic mass is 127. The summed E-state index contributed by atoms with van der Waals surface area (Å²) in [5.41, 5.74) is 1.86. The van der Waals surface area contributed by atoms with Gasteiger partial charge in [0.05, 0.1) is 0 Å². The first-order chi connectivity index (χ1) is 8.29. The van der Waals surface area contributed by atoms with Crippen LogP contribution in [0, 0.1) is 0 Å². The molecule has 2 aromatic rings. The highest BCUT2D eigenvalue weighted by molar-refractivity contribution is 14.0. The molecular formula is C14H12INO2. The van der Waals surface area contributed by atoms with Gasteiger partial charge in [-0.25, -0.2) is 0 Å². The maximum Gasteiger partial charge on any atom is 0.255 e. The first-order valence-corrected chi connectivity index (χ1v) is 5.21. The molecule has 2 aromatic carbocycles. The van der Waals surface area contributed by atoms with E-state index in [0.29, 0.717) is 16.8 Å². The number of rotatable bonds is 3. The summed E-state index contributed by atoms with van der Waals surface area (Å²) in [6.45, 7) is 0. The Balaban J connectivity index is 0.00000162. The lowest BCUT2D eigenvalue weighted by molar-refractivity contribution is 0.102. The molecule has 0 aliphatic heterocycles. The van der Waals surface area contributed by atoms with E-state index in [1.54, 1.807) is 36.4 Å². The van der Waals surface area contributed by atoms with Crippen molar-refractivity contribution in [3.63, 3.8) is 0 Å². The van der Waals surface area contributed by atoms with Crippen molar-refractivity contribution in [1.29, 1.82) is 0 Å². The minimum Gasteiger partial charge on any atom is -0.322 e. The Morgan fingerprint density at radius 3 is 2.11 bits per heavy atom. The van der Waals surface area contributed by atoms with Gasteiger partial charge in [-0.3, -0.25) is 9.59 Å². The fourth-order valence-electron chi connectivity index (χ4n) is 1.44. The summed E-state index contributed by atoms with van der Waals surface area (Å²) in [6, 6.07) is 15.7. The van der Waals surface area contributed by atoms with Crippen molar-refractivity contribution in [3.8, 4) is 0 Å². The van der Waals surface area contributed by atoms with Gasteiger partial charge in [-0.15, -0.1) is 24.0 Å². The largest absolute Gasteiger partial charge is 0.322 e. The molecule has 0 atom stereocenters. The monoisotopic (exact) mass is 353 g/mol. The minimum atomic E-state index is -0.163. The van der Waals surface area contributed by atoms with Crippen molar-refractivity contribution in [2.75, 3.05) is 5.32 Å². The first kappa shape index (κ1) is 14.4. The van der Waals surface area contributed by atoms with E-state index in [-0.39, 0.29) is 29.9 Å². The van der Waals surface area contributed by atoms with Crippen LogP contribution in [-0.4, -0.2) is 12.2 Å². The van der Waals surface area contributed by atoms with E-state index in [1.807, 2.05) is 18.2 Å². The Morgan fingerprint density at radius 1 is 0.944 bits per heavy atom. The fourth-order valence-corrected chi connectivity index (χ4v) is 1.44. The van der Waals surface area contributed by atoms with Gasteiger partial charge in [0.25, 0.3) is 5.91 Å². The van der Waals surface area contributed by atoms with Gasteiger partial charge in [-0.1, -0.05) is 18.2 Å². The molecule has 0 unspecified atom stereocenters. The lowest BCUT2D eigenvalue weighted by atomic mass is 10.2. The summed E-state index contributed by atoms with van der Waals surface area (Å²) < 4.78 is 0. The number of carbonyl (C=O) groups is 2. The molecule has 0 spiro atoms. The molecule has 92 valence electrons. The van der Waals surface area contributed by atoms with Crippen molar-refractivity contribution < 1.29 is 9.59 Å². The maximum atomic E-state index is 11.8. The van der Waals surface area contributed by atoms with Crippen molar-refractivity contribution in [3.05, 3.63) is 65.7 Å². The first-order valence-electron chi connectivity index (χ1n) is 5.21. The third-order valence-corrected chi connectivity index (χ3v) is 2.34. The number of amides is 1. The minimum absolute atomic E-state index is 0. The Kier molecular flexibility index (Phi) is 5.51. The van der Waals surface area contributed by atoms with E-state index in [9.17, 15) is 9.59 Å². The molecule has 1 amide bonds. The zero-order valence-electron chi connectivity index (χ0n) is 9.50. The summed E-state index contributed by atoms with van der Waals surface area (Å²) in [7, 11) is 0. The fraction of sp³-hybridized carbons (Fsp3) is 0. The lowest BCUT2D eigenvalue weighted by Gasteiger charge is -2.04. The van der Waals surface area contributed by atoms with Gasteiger partial charge in [0.15, 0.2) is 0 Å². The maximum absolute atomic E-state index is 11.8. The summed E-state index contributed by atoms with van der Waals surface area (Å²) >= 11 is 0. The number of nitrogens with one attached hydrogen (secondary N) is 1. The molecule has 0 fully saturated rings. The third kappa shape index (κ3) is 3.66. The molecule has 2 rings (SSSR count). The van der Waals surface area contributed by atoms with E-state index >= 15 is 0 Å². The van der Waals surface area contributed by atoms with Crippen molar-refractivity contribution >= 4 is 41.9 Å². The Labute approximate surface area is 122 Å². The van der Waals surface area contributed by atoms with E-state index in [1.165, 1.54) is 0 Å². The van der Waals surface area contributed by atoms with Gasteiger partial charge in [-0.05, 0) is 36.4 Å². The van der Waals surface area contributed by atoms with Crippen LogP contribution in [0.3, 0.4) is 0 Å². The molecule has 0 radical (unpaired) electrons. The zero-order chi connectivity index (χ0) is 12.1. The predicted octanol–water partition coefficient (Wildman–Crippen LogP) is 3.37. The van der Waals surface area contributed by atoms with Crippen LogP contribution in [0.4, 0.5) is 5.69 Å². The molecule has 0 aliphatic rings. The van der Waals surface area contributed by atoms with Gasteiger partial charge in [-0.2, -0.15) is 0 Å². The lowest BCUT2D eigenvalue weighted by Crippen LogP contribution is -2.11. The molecule has 0 bridgehead atoms. The predicted molar refractivity (Wildman–Crippen MR) is 81.6 cm³/mol. The highest BCUT2D eigenvalue weighted by Crippen LogP contribution is 2.10. The Morgan fingerprint density at radius 2 is 1.56 bits per heavy atom. The number of halogens is 1. The van der Waals surface area contributed by atoms with E-state index in [2.05, 4.69) is 5.32 Å². The number of benzene rings is 2. The average Bonchev–Trinajstić information content (AvgIpc) is 2.40. The van der Waals surface area contributed by atoms with Crippen LogP contribution in [0.5, 0.6) is 0 Å². The van der Waals surface area contributed by atoms with Crippen LogP contribution in [0.15, 0.2) is 54.6 Å². The number of aldehydes is 1. The van der Waals surface area contributed by atoms with Crippen LogP contribution in [0.1, 0.15) is 20.7 Å². The van der Waals surface area contributed by atoms with Crippen molar-refractivity contribution in [1.82, 2.24) is 0 Å². The molecule has 0 aliphatic carbocycles. The van der Waals surface area contributed by atoms with E-state index in [4.69, 9.17) is 0 Å². The number of hydrogen-bond donors (Lipinski definition) is 1. The molecule has 0 saturated carbocycles. The number of hydrogen-bond acceptors (Lipinski definition) is 2. The van der Waals surface area contributed by atoms with Gasteiger partial charge in [0.2, 0.25) is 0 Å². The van der Waals surface area contributed by atoms with Crippen LogP contribution in [0.25, 0.3) is 0 Å². The normalized spacial score (nSPS) is 9.11. The second-order valence-corrected chi connectivity index (χ2v) is 3.56. The van der Waals surface area contributed by atoms with Crippen LogP contribution in [-0.2, 0) is 0 Å². The van der Waals surface area contributed by atoms with Crippen LogP contribution >= 0.6 is 24.0 Å². The standard InChI is InChI=1S/C14H11NO2.HI/c16-10-11-6-8-13(9-7-11)15-14(17)12-4-2-1-3-5-12;/h1-10H,(H,15,17);1H. The van der Waals surface area contributed by atoms with Crippen molar-refractivity contribution in [2.45, 2.75) is 0 Å². The third-order valence-electron chi connectivity index (χ3n) is 2.34. The van der Waals surface area contributed by atoms with E-state index in [0.717, 1.165) is 6.29 Å². The second-order valence-electron chi connectivity index (χ2n) is 3.56. The summed E-state index contributed by atoms with van der Waals surface area (Å²) in [4.78, 5) is 22.3. The number of carbonyl (C=O) groups excluding carboxylic acids is 2. The summed E-state index contributed by atoms with van der Waals surface area (Å²) in [6.07, 6.45) is 0.767. The molecule has 3 nitrogen and oxygen atoms in total. The molecular weight excluding hydrogens is 341 g/mol. The number of anilines is 1. The second kappa shape index (κ2) is 6.90. The summed E-state index contributed by atoms with van der Waals surface area (Å²) in [5, 5.41) is 2.75. The average molecular weight is 353 g/mol. The van der Waals surface area contributed by atoms with Crippen LogP contribution < -0.4 is 5.32 Å². The van der Waals surface area contributed by atoms with Gasteiger partial charge in [0, 0.05) is 16.8 Å². The molecule has 4 heteroatoms.